The van der Waals surface area contributed by atoms with E-state index in [1.807, 2.05) is 0 Å². The third kappa shape index (κ3) is 4.72. The summed E-state index contributed by atoms with van der Waals surface area (Å²) in [6.07, 6.45) is 1.11. The van der Waals surface area contributed by atoms with Crippen LogP contribution >= 0.6 is 11.6 Å². The van der Waals surface area contributed by atoms with E-state index in [1.54, 1.807) is 25.1 Å². The van der Waals surface area contributed by atoms with Crippen LogP contribution in [0, 0.1) is 0 Å². The molecule has 0 spiro atoms. The first-order chi connectivity index (χ1) is 11.0. The molecule has 0 heterocycles. The minimum Gasteiger partial charge on any atom is -0.465 e. The van der Waals surface area contributed by atoms with Gasteiger partial charge in [-0.05, 0) is 19.1 Å². The Morgan fingerprint density at radius 2 is 1.78 bits per heavy atom. The summed E-state index contributed by atoms with van der Waals surface area (Å²) in [5.41, 5.74) is 0.278. The number of nitrogens with one attached hydrogen (secondary N) is 2. The number of carbonyl (C=O) groups is 3. The van der Waals surface area contributed by atoms with Gasteiger partial charge in [-0.2, -0.15) is 0 Å². The average molecular weight is 341 g/mol. The van der Waals surface area contributed by atoms with Crippen molar-refractivity contribution in [1.82, 2.24) is 5.32 Å². The SMILES string of the molecule is CCNC(=O)c1cccc(NC=C(C(=O)OC)C(=O)OC)c1Cl. The number of hydrogen-bond donors (Lipinski definition) is 2. The first kappa shape index (κ1) is 18.5. The van der Waals surface area contributed by atoms with Gasteiger partial charge in [0.15, 0.2) is 5.57 Å². The van der Waals surface area contributed by atoms with Crippen LogP contribution in [0.5, 0.6) is 0 Å². The first-order valence-corrected chi connectivity index (χ1v) is 7.04. The fourth-order valence-corrected chi connectivity index (χ4v) is 1.91. The van der Waals surface area contributed by atoms with Gasteiger partial charge < -0.3 is 20.1 Å². The van der Waals surface area contributed by atoms with Crippen molar-refractivity contribution in [3.8, 4) is 0 Å². The van der Waals surface area contributed by atoms with Gasteiger partial charge in [-0.15, -0.1) is 0 Å². The van der Waals surface area contributed by atoms with Crippen molar-refractivity contribution >= 4 is 35.1 Å². The molecule has 0 saturated carbocycles. The van der Waals surface area contributed by atoms with Gasteiger partial charge in [0, 0.05) is 12.7 Å². The number of ether oxygens (including phenoxy) is 2. The van der Waals surface area contributed by atoms with Crippen molar-refractivity contribution in [1.29, 1.82) is 0 Å². The number of methoxy groups -OCH3 is 2. The van der Waals surface area contributed by atoms with Crippen LogP contribution < -0.4 is 10.6 Å². The van der Waals surface area contributed by atoms with Crippen LogP contribution in [0.3, 0.4) is 0 Å². The zero-order chi connectivity index (χ0) is 17.4. The molecule has 0 aliphatic heterocycles. The van der Waals surface area contributed by atoms with Crippen molar-refractivity contribution in [3.63, 3.8) is 0 Å². The second-order valence-corrected chi connectivity index (χ2v) is 4.59. The Hall–Kier alpha value is -2.54. The Morgan fingerprint density at radius 1 is 1.17 bits per heavy atom. The van der Waals surface area contributed by atoms with Gasteiger partial charge in [-0.1, -0.05) is 17.7 Å². The second kappa shape index (κ2) is 8.79. The topological polar surface area (TPSA) is 93.7 Å². The molecule has 1 aromatic carbocycles. The molecule has 1 aromatic rings. The van der Waals surface area contributed by atoms with Crippen molar-refractivity contribution in [3.05, 3.63) is 40.6 Å². The van der Waals surface area contributed by atoms with E-state index in [0.717, 1.165) is 20.4 Å². The van der Waals surface area contributed by atoms with Gasteiger partial charge in [0.1, 0.15) is 0 Å². The number of hydrogen-bond acceptors (Lipinski definition) is 6. The molecular formula is C15H17ClN2O5. The quantitative estimate of drug-likeness (QED) is 0.354. The van der Waals surface area contributed by atoms with Crippen molar-refractivity contribution in [2.24, 2.45) is 0 Å². The predicted octanol–water partition coefficient (Wildman–Crippen LogP) is 1.73. The number of amides is 1. The van der Waals surface area contributed by atoms with Crippen LogP contribution in [-0.2, 0) is 19.1 Å². The highest BCUT2D eigenvalue weighted by Gasteiger charge is 2.20. The second-order valence-electron chi connectivity index (χ2n) is 4.21. The Morgan fingerprint density at radius 3 is 2.30 bits per heavy atom. The van der Waals surface area contributed by atoms with Crippen LogP contribution in [-0.4, -0.2) is 38.6 Å². The smallest absolute Gasteiger partial charge is 0.346 e. The third-order valence-corrected chi connectivity index (χ3v) is 3.17. The summed E-state index contributed by atoms with van der Waals surface area (Å²) in [5.74, 6) is -2.05. The Bertz CT molecular complexity index is 625. The summed E-state index contributed by atoms with van der Waals surface area (Å²) in [6.45, 7) is 2.25. The van der Waals surface area contributed by atoms with E-state index >= 15 is 0 Å². The summed E-state index contributed by atoms with van der Waals surface area (Å²) in [5, 5.41) is 5.50. The van der Waals surface area contributed by atoms with Gasteiger partial charge >= 0.3 is 11.9 Å². The molecule has 0 saturated heterocycles. The maximum absolute atomic E-state index is 11.9. The first-order valence-electron chi connectivity index (χ1n) is 6.66. The lowest BCUT2D eigenvalue weighted by atomic mass is 10.2. The lowest BCUT2D eigenvalue weighted by Crippen LogP contribution is -2.23. The number of anilines is 1. The fraction of sp³-hybridized carbons (Fsp3) is 0.267. The minimum atomic E-state index is -0.861. The maximum Gasteiger partial charge on any atom is 0.346 e. The molecular weight excluding hydrogens is 324 g/mol. The third-order valence-electron chi connectivity index (χ3n) is 2.76. The standard InChI is InChI=1S/C15H17ClN2O5/c1-4-17-13(19)9-6-5-7-11(12(9)16)18-8-10(14(20)22-2)15(21)23-3/h5-8,18H,4H2,1-3H3,(H,17,19). The summed E-state index contributed by atoms with van der Waals surface area (Å²) >= 11 is 6.16. The Balaban J connectivity index is 3.10. The highest BCUT2D eigenvalue weighted by atomic mass is 35.5. The molecule has 1 amide bonds. The molecule has 124 valence electrons. The highest BCUT2D eigenvalue weighted by molar-refractivity contribution is 6.36. The molecule has 23 heavy (non-hydrogen) atoms. The molecule has 0 aromatic heterocycles. The number of benzene rings is 1. The Labute approximate surface area is 138 Å². The minimum absolute atomic E-state index is 0.156. The summed E-state index contributed by atoms with van der Waals surface area (Å²) < 4.78 is 9.01. The molecule has 0 fully saturated rings. The average Bonchev–Trinajstić information content (AvgIpc) is 2.55. The molecule has 0 radical (unpaired) electrons. The van der Waals surface area contributed by atoms with Gasteiger partial charge in [0.2, 0.25) is 0 Å². The number of halogens is 1. The lowest BCUT2D eigenvalue weighted by Gasteiger charge is -2.10. The summed E-state index contributed by atoms with van der Waals surface area (Å²) in [6, 6.07) is 4.76. The van der Waals surface area contributed by atoms with E-state index in [1.165, 1.54) is 0 Å². The van der Waals surface area contributed by atoms with Gasteiger partial charge in [0.25, 0.3) is 5.91 Å². The van der Waals surface area contributed by atoms with E-state index in [9.17, 15) is 14.4 Å². The van der Waals surface area contributed by atoms with E-state index in [4.69, 9.17) is 11.6 Å². The molecule has 0 bridgehead atoms. The van der Waals surface area contributed by atoms with Crippen molar-refractivity contribution < 1.29 is 23.9 Å². The van der Waals surface area contributed by atoms with Gasteiger partial charge in [-0.3, -0.25) is 4.79 Å². The van der Waals surface area contributed by atoms with Crippen LogP contribution in [0.25, 0.3) is 0 Å². The summed E-state index contributed by atoms with van der Waals surface area (Å²) in [4.78, 5) is 35.0. The van der Waals surface area contributed by atoms with Crippen LogP contribution in [0.4, 0.5) is 5.69 Å². The monoisotopic (exact) mass is 340 g/mol. The van der Waals surface area contributed by atoms with Crippen LogP contribution in [0.1, 0.15) is 17.3 Å². The molecule has 1 rings (SSSR count). The molecule has 8 heteroatoms. The predicted molar refractivity (Wildman–Crippen MR) is 85.2 cm³/mol. The number of esters is 2. The van der Waals surface area contributed by atoms with Crippen molar-refractivity contribution in [2.75, 3.05) is 26.1 Å². The van der Waals surface area contributed by atoms with Crippen molar-refractivity contribution in [2.45, 2.75) is 6.92 Å². The molecule has 0 aliphatic rings. The summed E-state index contributed by atoms with van der Waals surface area (Å²) in [7, 11) is 2.28. The van der Waals surface area contributed by atoms with E-state index in [-0.39, 0.29) is 22.1 Å². The lowest BCUT2D eigenvalue weighted by molar-refractivity contribution is -0.144. The molecule has 0 unspecified atom stereocenters. The number of carbonyl (C=O) groups excluding carboxylic acids is 3. The number of rotatable bonds is 6. The zero-order valence-corrected chi connectivity index (χ0v) is 13.7. The largest absolute Gasteiger partial charge is 0.465 e. The molecule has 0 atom stereocenters. The van der Waals surface area contributed by atoms with E-state index in [0.29, 0.717) is 12.2 Å². The fourth-order valence-electron chi connectivity index (χ4n) is 1.65. The van der Waals surface area contributed by atoms with Crippen LogP contribution in [0.15, 0.2) is 30.0 Å². The van der Waals surface area contributed by atoms with E-state index < -0.39 is 11.9 Å². The zero-order valence-electron chi connectivity index (χ0n) is 12.9. The maximum atomic E-state index is 11.9. The highest BCUT2D eigenvalue weighted by Crippen LogP contribution is 2.26. The van der Waals surface area contributed by atoms with Gasteiger partial charge in [0.05, 0.1) is 30.5 Å². The Kier molecular flexibility index (Phi) is 7.08. The molecule has 0 aliphatic carbocycles. The van der Waals surface area contributed by atoms with Crippen LogP contribution in [0.2, 0.25) is 5.02 Å². The normalized spacial score (nSPS) is 9.57. The van der Waals surface area contributed by atoms with Gasteiger partial charge in [-0.25, -0.2) is 9.59 Å². The molecule has 2 N–H and O–H groups in total. The van der Waals surface area contributed by atoms with E-state index in [2.05, 4.69) is 20.1 Å². The molecule has 7 nitrogen and oxygen atoms in total.